The predicted molar refractivity (Wildman–Crippen MR) is 96.5 cm³/mol. The van der Waals surface area contributed by atoms with Crippen molar-refractivity contribution < 1.29 is 14.6 Å². The molecule has 0 radical (unpaired) electrons. The van der Waals surface area contributed by atoms with E-state index < -0.39 is 6.10 Å². The second-order valence-corrected chi connectivity index (χ2v) is 6.42. The molecule has 2 aromatic rings. The first-order valence-corrected chi connectivity index (χ1v) is 8.42. The normalized spacial score (nSPS) is 13.4. The average Bonchev–Trinajstić information content (AvgIpc) is 2.85. The van der Waals surface area contributed by atoms with Crippen LogP contribution in [0.1, 0.15) is 35.5 Å². The standard InChI is InChI=1S/C19H27N3O3/c1-12(9-17-13(2)21-22(4)14(17)3)19(24)20-11-18(23)15-7-6-8-16(10-15)25-5/h6-8,10,12,18,23H,9,11H2,1-5H3,(H,20,24). The molecule has 0 aliphatic carbocycles. The van der Waals surface area contributed by atoms with E-state index in [0.717, 1.165) is 17.0 Å². The van der Waals surface area contributed by atoms with E-state index in [-0.39, 0.29) is 18.4 Å². The summed E-state index contributed by atoms with van der Waals surface area (Å²) in [7, 11) is 3.48. The molecule has 0 aliphatic rings. The largest absolute Gasteiger partial charge is 0.497 e. The van der Waals surface area contributed by atoms with Crippen LogP contribution in [0.5, 0.6) is 5.75 Å². The molecule has 136 valence electrons. The summed E-state index contributed by atoms with van der Waals surface area (Å²) < 4.78 is 6.99. The predicted octanol–water partition coefficient (Wildman–Crippen LogP) is 2.07. The molecule has 0 fully saturated rings. The number of aliphatic hydroxyl groups excluding tert-OH is 1. The molecule has 0 aliphatic heterocycles. The molecule has 1 amide bonds. The highest BCUT2D eigenvalue weighted by Crippen LogP contribution is 2.19. The molecule has 1 heterocycles. The Hall–Kier alpha value is -2.34. The monoisotopic (exact) mass is 345 g/mol. The third kappa shape index (κ3) is 4.60. The van der Waals surface area contributed by atoms with Crippen molar-refractivity contribution in [1.29, 1.82) is 0 Å². The number of carbonyl (C=O) groups is 1. The molecule has 6 heteroatoms. The third-order valence-corrected chi connectivity index (χ3v) is 4.56. The fraction of sp³-hybridized carbons (Fsp3) is 0.474. The van der Waals surface area contributed by atoms with Gasteiger partial charge in [0.05, 0.1) is 18.9 Å². The quantitative estimate of drug-likeness (QED) is 0.805. The molecular formula is C19H27N3O3. The second kappa shape index (κ2) is 8.16. The second-order valence-electron chi connectivity index (χ2n) is 6.42. The first-order valence-electron chi connectivity index (χ1n) is 8.42. The van der Waals surface area contributed by atoms with Gasteiger partial charge in [-0.3, -0.25) is 9.48 Å². The SMILES string of the molecule is COc1cccc(C(O)CNC(=O)C(C)Cc2c(C)nn(C)c2C)c1. The molecular weight excluding hydrogens is 318 g/mol. The van der Waals surface area contributed by atoms with Crippen molar-refractivity contribution in [2.75, 3.05) is 13.7 Å². The highest BCUT2D eigenvalue weighted by atomic mass is 16.5. The minimum atomic E-state index is -0.770. The zero-order valence-electron chi connectivity index (χ0n) is 15.5. The number of benzene rings is 1. The van der Waals surface area contributed by atoms with Crippen LogP contribution in [0.2, 0.25) is 0 Å². The van der Waals surface area contributed by atoms with E-state index in [1.54, 1.807) is 13.2 Å². The van der Waals surface area contributed by atoms with Crippen molar-refractivity contribution in [2.45, 2.75) is 33.3 Å². The Kier molecular flexibility index (Phi) is 6.20. The summed E-state index contributed by atoms with van der Waals surface area (Å²) in [5, 5.41) is 17.5. The molecule has 1 aromatic carbocycles. The fourth-order valence-electron chi connectivity index (χ4n) is 2.85. The highest BCUT2D eigenvalue weighted by molar-refractivity contribution is 5.78. The first-order chi connectivity index (χ1) is 11.8. The lowest BCUT2D eigenvalue weighted by Gasteiger charge is -2.16. The molecule has 1 aromatic heterocycles. The van der Waals surface area contributed by atoms with E-state index >= 15 is 0 Å². The average molecular weight is 345 g/mol. The van der Waals surface area contributed by atoms with Gasteiger partial charge in [0.2, 0.25) is 5.91 Å². The van der Waals surface area contributed by atoms with Crippen LogP contribution in [-0.4, -0.2) is 34.4 Å². The van der Waals surface area contributed by atoms with Gasteiger partial charge in [0.25, 0.3) is 0 Å². The van der Waals surface area contributed by atoms with Gasteiger partial charge < -0.3 is 15.2 Å². The number of amides is 1. The van der Waals surface area contributed by atoms with Gasteiger partial charge in [0.1, 0.15) is 5.75 Å². The summed E-state index contributed by atoms with van der Waals surface area (Å²) in [5.74, 6) is 0.405. The number of carbonyl (C=O) groups excluding carboxylic acids is 1. The van der Waals surface area contributed by atoms with Crippen LogP contribution in [0.3, 0.4) is 0 Å². The van der Waals surface area contributed by atoms with Crippen LogP contribution >= 0.6 is 0 Å². The van der Waals surface area contributed by atoms with Crippen LogP contribution in [0.15, 0.2) is 24.3 Å². The first kappa shape index (κ1) is 19.0. The van der Waals surface area contributed by atoms with Gasteiger partial charge in [-0.05, 0) is 43.5 Å². The van der Waals surface area contributed by atoms with Crippen molar-refractivity contribution in [1.82, 2.24) is 15.1 Å². The Morgan fingerprint density at radius 1 is 1.40 bits per heavy atom. The highest BCUT2D eigenvalue weighted by Gasteiger charge is 2.19. The van der Waals surface area contributed by atoms with E-state index in [4.69, 9.17) is 4.74 Å². The number of nitrogens with one attached hydrogen (secondary N) is 1. The summed E-state index contributed by atoms with van der Waals surface area (Å²) in [4.78, 5) is 12.4. The van der Waals surface area contributed by atoms with Gasteiger partial charge in [-0.1, -0.05) is 19.1 Å². The molecule has 0 spiro atoms. The van der Waals surface area contributed by atoms with Crippen molar-refractivity contribution >= 4 is 5.91 Å². The lowest BCUT2D eigenvalue weighted by Crippen LogP contribution is -2.33. The number of nitrogens with zero attached hydrogens (tertiary/aromatic N) is 2. The summed E-state index contributed by atoms with van der Waals surface area (Å²) in [6, 6.07) is 7.21. The minimum Gasteiger partial charge on any atom is -0.497 e. The van der Waals surface area contributed by atoms with Crippen molar-refractivity contribution in [3.8, 4) is 5.75 Å². The number of rotatable bonds is 7. The number of aromatic nitrogens is 2. The van der Waals surface area contributed by atoms with E-state index in [2.05, 4.69) is 10.4 Å². The maximum absolute atomic E-state index is 12.4. The molecule has 0 saturated carbocycles. The Morgan fingerprint density at radius 3 is 2.72 bits per heavy atom. The molecule has 2 atom stereocenters. The summed E-state index contributed by atoms with van der Waals surface area (Å²) in [6.45, 7) is 6.02. The van der Waals surface area contributed by atoms with Crippen LogP contribution in [0, 0.1) is 19.8 Å². The van der Waals surface area contributed by atoms with E-state index in [1.807, 2.05) is 50.7 Å². The number of hydrogen-bond acceptors (Lipinski definition) is 4. The van der Waals surface area contributed by atoms with Crippen molar-refractivity contribution in [2.24, 2.45) is 13.0 Å². The topological polar surface area (TPSA) is 76.4 Å². The number of hydrogen-bond donors (Lipinski definition) is 2. The summed E-state index contributed by atoms with van der Waals surface area (Å²) in [5.41, 5.74) is 3.86. The number of ether oxygens (including phenoxy) is 1. The van der Waals surface area contributed by atoms with Crippen LogP contribution in [-0.2, 0) is 18.3 Å². The van der Waals surface area contributed by atoms with Crippen molar-refractivity contribution in [3.63, 3.8) is 0 Å². The summed E-state index contributed by atoms with van der Waals surface area (Å²) in [6.07, 6.45) is -0.139. The maximum atomic E-state index is 12.4. The van der Waals surface area contributed by atoms with Gasteiger partial charge in [0.15, 0.2) is 0 Å². The lowest BCUT2D eigenvalue weighted by atomic mass is 9.98. The molecule has 25 heavy (non-hydrogen) atoms. The Labute approximate surface area is 148 Å². The van der Waals surface area contributed by atoms with Gasteiger partial charge >= 0.3 is 0 Å². The maximum Gasteiger partial charge on any atom is 0.223 e. The van der Waals surface area contributed by atoms with Gasteiger partial charge in [0, 0.05) is 25.2 Å². The Bertz CT molecular complexity index is 740. The smallest absolute Gasteiger partial charge is 0.223 e. The molecule has 2 N–H and O–H groups in total. The summed E-state index contributed by atoms with van der Waals surface area (Å²) >= 11 is 0. The van der Waals surface area contributed by atoms with Crippen LogP contribution in [0.25, 0.3) is 0 Å². The van der Waals surface area contributed by atoms with Gasteiger partial charge in [-0.15, -0.1) is 0 Å². The lowest BCUT2D eigenvalue weighted by molar-refractivity contribution is -0.124. The molecule has 2 unspecified atom stereocenters. The van der Waals surface area contributed by atoms with Gasteiger partial charge in [-0.25, -0.2) is 0 Å². The molecule has 6 nitrogen and oxygen atoms in total. The molecule has 2 rings (SSSR count). The third-order valence-electron chi connectivity index (χ3n) is 4.56. The van der Waals surface area contributed by atoms with E-state index in [0.29, 0.717) is 17.7 Å². The van der Waals surface area contributed by atoms with E-state index in [1.165, 1.54) is 0 Å². The zero-order valence-corrected chi connectivity index (χ0v) is 15.5. The van der Waals surface area contributed by atoms with Crippen LogP contribution < -0.4 is 10.1 Å². The molecule has 0 saturated heterocycles. The van der Waals surface area contributed by atoms with Gasteiger partial charge in [-0.2, -0.15) is 5.10 Å². The number of methoxy groups -OCH3 is 1. The van der Waals surface area contributed by atoms with E-state index in [9.17, 15) is 9.90 Å². The fourth-order valence-corrected chi connectivity index (χ4v) is 2.85. The Balaban J connectivity index is 1.92. The zero-order chi connectivity index (χ0) is 18.6. The minimum absolute atomic E-state index is 0.0791. The van der Waals surface area contributed by atoms with Crippen LogP contribution in [0.4, 0.5) is 0 Å². The van der Waals surface area contributed by atoms with Crippen molar-refractivity contribution in [3.05, 3.63) is 46.8 Å². The number of aliphatic hydroxyl groups is 1. The molecule has 0 bridgehead atoms. The number of aryl methyl sites for hydroxylation is 2. The Morgan fingerprint density at radius 2 is 2.12 bits per heavy atom.